The largest absolute Gasteiger partial charge is 0.367 e. The Morgan fingerprint density at radius 2 is 2.00 bits per heavy atom. The van der Waals surface area contributed by atoms with Crippen LogP contribution >= 0.6 is 0 Å². The molecule has 3 rings (SSSR count). The summed E-state index contributed by atoms with van der Waals surface area (Å²) in [4.78, 5) is 14.7. The molecule has 1 amide bonds. The first kappa shape index (κ1) is 16.6. The fourth-order valence-corrected chi connectivity index (χ4v) is 3.35. The number of carbonyl (C=O) groups excluding carboxylic acids is 1. The molecule has 1 fully saturated rings. The molecular weight excluding hydrogens is 304 g/mol. The fraction of sp³-hybridized carbons (Fsp3) is 0.500. The van der Waals surface area contributed by atoms with Crippen LogP contribution in [0.3, 0.4) is 0 Å². The quantitative estimate of drug-likeness (QED) is 0.845. The van der Waals surface area contributed by atoms with Gasteiger partial charge in [-0.05, 0) is 25.3 Å². The minimum absolute atomic E-state index is 0.0408. The van der Waals surface area contributed by atoms with Gasteiger partial charge < -0.3 is 14.2 Å². The lowest BCUT2D eigenvalue weighted by Crippen LogP contribution is -2.41. The van der Waals surface area contributed by atoms with Crippen LogP contribution in [0.15, 0.2) is 36.7 Å². The number of hydrogen-bond donors (Lipinski definition) is 0. The highest BCUT2D eigenvalue weighted by Gasteiger charge is 2.31. The number of likely N-dealkylation sites (tertiary alicyclic amines) is 1. The number of methoxy groups -OCH3 is 1. The van der Waals surface area contributed by atoms with E-state index in [4.69, 9.17) is 4.74 Å². The second kappa shape index (κ2) is 7.57. The molecule has 0 bridgehead atoms. The van der Waals surface area contributed by atoms with Crippen molar-refractivity contribution >= 4 is 5.91 Å². The van der Waals surface area contributed by atoms with E-state index in [1.54, 1.807) is 13.4 Å². The van der Waals surface area contributed by atoms with Crippen LogP contribution in [0, 0.1) is 0 Å². The van der Waals surface area contributed by atoms with Crippen LogP contribution in [0.25, 0.3) is 0 Å². The summed E-state index contributed by atoms with van der Waals surface area (Å²) >= 11 is 0. The van der Waals surface area contributed by atoms with E-state index in [1.165, 1.54) is 0 Å². The number of carbonyl (C=O) groups is 1. The number of aryl methyl sites for hydroxylation is 1. The summed E-state index contributed by atoms with van der Waals surface area (Å²) in [6.07, 6.45) is 3.08. The van der Waals surface area contributed by atoms with Crippen molar-refractivity contribution in [3.63, 3.8) is 0 Å². The summed E-state index contributed by atoms with van der Waals surface area (Å²) in [6.45, 7) is 4.43. The number of amides is 1. The molecule has 6 heteroatoms. The average Bonchev–Trinajstić information content (AvgIpc) is 3.12. The molecule has 2 heterocycles. The zero-order valence-electron chi connectivity index (χ0n) is 14.3. The van der Waals surface area contributed by atoms with E-state index in [1.807, 2.05) is 35.2 Å². The number of benzene rings is 1. The van der Waals surface area contributed by atoms with E-state index in [-0.39, 0.29) is 5.91 Å². The number of ether oxygens (including phenoxy) is 1. The van der Waals surface area contributed by atoms with E-state index in [2.05, 4.69) is 21.7 Å². The lowest BCUT2D eigenvalue weighted by molar-refractivity contribution is -0.143. The summed E-state index contributed by atoms with van der Waals surface area (Å²) in [6, 6.07) is 9.66. The molecule has 0 spiro atoms. The van der Waals surface area contributed by atoms with Gasteiger partial charge in [-0.1, -0.05) is 30.3 Å². The van der Waals surface area contributed by atoms with Crippen LogP contribution in [0.2, 0.25) is 0 Å². The first-order valence-corrected chi connectivity index (χ1v) is 8.48. The first-order chi connectivity index (χ1) is 11.7. The Morgan fingerprint density at radius 1 is 1.29 bits per heavy atom. The third kappa shape index (κ3) is 3.33. The van der Waals surface area contributed by atoms with E-state index in [0.29, 0.717) is 5.92 Å². The van der Waals surface area contributed by atoms with Crippen molar-refractivity contribution in [1.82, 2.24) is 19.7 Å². The van der Waals surface area contributed by atoms with Gasteiger partial charge in [-0.25, -0.2) is 0 Å². The molecule has 6 nitrogen and oxygen atoms in total. The molecule has 1 aromatic carbocycles. The van der Waals surface area contributed by atoms with Crippen LogP contribution in [0.1, 0.15) is 43.2 Å². The first-order valence-electron chi connectivity index (χ1n) is 8.48. The van der Waals surface area contributed by atoms with Crippen molar-refractivity contribution in [2.24, 2.45) is 0 Å². The Balaban J connectivity index is 1.64. The molecule has 128 valence electrons. The average molecular weight is 328 g/mol. The molecule has 1 saturated heterocycles. The number of nitrogens with zero attached hydrogens (tertiary/aromatic N) is 4. The molecule has 1 aliphatic heterocycles. The summed E-state index contributed by atoms with van der Waals surface area (Å²) in [5, 5.41) is 8.28. The van der Waals surface area contributed by atoms with Crippen LogP contribution in [-0.4, -0.2) is 45.8 Å². The van der Waals surface area contributed by atoms with Gasteiger partial charge >= 0.3 is 0 Å². The Labute approximate surface area is 142 Å². The van der Waals surface area contributed by atoms with Gasteiger partial charge in [-0.15, -0.1) is 10.2 Å². The second-order valence-electron chi connectivity index (χ2n) is 6.10. The molecule has 24 heavy (non-hydrogen) atoms. The number of hydrogen-bond acceptors (Lipinski definition) is 4. The maximum Gasteiger partial charge on any atom is 0.256 e. The van der Waals surface area contributed by atoms with Crippen molar-refractivity contribution in [1.29, 1.82) is 0 Å². The standard InChI is InChI=1S/C18H24N4O2/c1-3-21-13-19-20-17(21)15-9-11-22(12-10-15)18(23)16(24-2)14-7-5-4-6-8-14/h4-8,13,15-16H,3,9-12H2,1-2H3/t16-/m0/s1. The van der Waals surface area contributed by atoms with Crippen LogP contribution < -0.4 is 0 Å². The highest BCUT2D eigenvalue weighted by molar-refractivity contribution is 5.82. The third-order valence-corrected chi connectivity index (χ3v) is 4.72. The highest BCUT2D eigenvalue weighted by atomic mass is 16.5. The Bertz CT molecular complexity index is 663. The molecule has 0 radical (unpaired) electrons. The Kier molecular flexibility index (Phi) is 5.25. The maximum atomic E-state index is 12.8. The normalized spacial score (nSPS) is 17.0. The SMILES string of the molecule is CCn1cnnc1C1CCN(C(=O)[C@@H](OC)c2ccccc2)CC1. The van der Waals surface area contributed by atoms with Gasteiger partial charge in [0.25, 0.3) is 5.91 Å². The number of aromatic nitrogens is 3. The van der Waals surface area contributed by atoms with Crippen molar-refractivity contribution in [2.45, 2.75) is 38.3 Å². The van der Waals surface area contributed by atoms with Gasteiger partial charge in [-0.2, -0.15) is 0 Å². The fourth-order valence-electron chi connectivity index (χ4n) is 3.35. The number of piperidine rings is 1. The van der Waals surface area contributed by atoms with Gasteiger partial charge in [0, 0.05) is 32.7 Å². The van der Waals surface area contributed by atoms with Crippen molar-refractivity contribution in [3.8, 4) is 0 Å². The number of rotatable bonds is 5. The van der Waals surface area contributed by atoms with Gasteiger partial charge in [-0.3, -0.25) is 4.79 Å². The minimum Gasteiger partial charge on any atom is -0.367 e. The van der Waals surface area contributed by atoms with Gasteiger partial charge in [0.1, 0.15) is 12.2 Å². The summed E-state index contributed by atoms with van der Waals surface area (Å²) in [5.74, 6) is 1.45. The highest BCUT2D eigenvalue weighted by Crippen LogP contribution is 2.29. The predicted molar refractivity (Wildman–Crippen MR) is 90.4 cm³/mol. The zero-order valence-corrected chi connectivity index (χ0v) is 14.3. The smallest absolute Gasteiger partial charge is 0.256 e. The van der Waals surface area contributed by atoms with Crippen LogP contribution in [-0.2, 0) is 16.1 Å². The second-order valence-corrected chi connectivity index (χ2v) is 6.10. The molecule has 0 N–H and O–H groups in total. The van der Waals surface area contributed by atoms with Gasteiger partial charge in [0.05, 0.1) is 0 Å². The van der Waals surface area contributed by atoms with E-state index >= 15 is 0 Å². The molecular formula is C18H24N4O2. The molecule has 0 aliphatic carbocycles. The van der Waals surface area contributed by atoms with Crippen LogP contribution in [0.4, 0.5) is 0 Å². The summed E-state index contributed by atoms with van der Waals surface area (Å²) in [5.41, 5.74) is 0.901. The monoisotopic (exact) mass is 328 g/mol. The topological polar surface area (TPSA) is 60.2 Å². The van der Waals surface area contributed by atoms with Crippen LogP contribution in [0.5, 0.6) is 0 Å². The van der Waals surface area contributed by atoms with Gasteiger partial charge in [0.15, 0.2) is 6.10 Å². The van der Waals surface area contributed by atoms with Crippen molar-refractivity contribution in [3.05, 3.63) is 48.0 Å². The summed E-state index contributed by atoms with van der Waals surface area (Å²) in [7, 11) is 1.59. The predicted octanol–water partition coefficient (Wildman–Crippen LogP) is 2.39. The summed E-state index contributed by atoms with van der Waals surface area (Å²) < 4.78 is 7.56. The Hall–Kier alpha value is -2.21. The lowest BCUT2D eigenvalue weighted by atomic mass is 9.95. The lowest BCUT2D eigenvalue weighted by Gasteiger charge is -2.33. The van der Waals surface area contributed by atoms with E-state index in [0.717, 1.165) is 43.9 Å². The Morgan fingerprint density at radius 3 is 2.62 bits per heavy atom. The molecule has 2 aromatic rings. The zero-order chi connectivity index (χ0) is 16.9. The van der Waals surface area contributed by atoms with Crippen molar-refractivity contribution < 1.29 is 9.53 Å². The van der Waals surface area contributed by atoms with Gasteiger partial charge in [0.2, 0.25) is 0 Å². The molecule has 1 atom stereocenters. The van der Waals surface area contributed by atoms with E-state index in [9.17, 15) is 4.79 Å². The van der Waals surface area contributed by atoms with E-state index < -0.39 is 6.10 Å². The molecule has 0 unspecified atom stereocenters. The molecule has 1 aliphatic rings. The van der Waals surface area contributed by atoms with Crippen molar-refractivity contribution in [2.75, 3.05) is 20.2 Å². The maximum absolute atomic E-state index is 12.8. The minimum atomic E-state index is -0.526. The molecule has 0 saturated carbocycles. The third-order valence-electron chi connectivity index (χ3n) is 4.72. The molecule has 1 aromatic heterocycles.